The van der Waals surface area contributed by atoms with Crippen molar-refractivity contribution in [3.8, 4) is 0 Å². The van der Waals surface area contributed by atoms with Crippen molar-refractivity contribution in [1.29, 1.82) is 0 Å². The molecule has 0 saturated carbocycles. The van der Waals surface area contributed by atoms with E-state index in [1.165, 1.54) is 0 Å². The molecule has 1 rings (SSSR count). The van der Waals surface area contributed by atoms with Crippen molar-refractivity contribution >= 4 is 5.91 Å². The average molecular weight is 140 g/mol. The normalized spacial score (nSPS) is 9.30. The molecule has 0 aromatic carbocycles. The summed E-state index contributed by atoms with van der Waals surface area (Å²) in [6.07, 6.45) is 2.14. The van der Waals surface area contributed by atoms with Gasteiger partial charge in [0.25, 0.3) is 0 Å². The summed E-state index contributed by atoms with van der Waals surface area (Å²) in [5.74, 6) is -0.418. The van der Waals surface area contributed by atoms with Crippen LogP contribution in [0.25, 0.3) is 0 Å². The fourth-order valence-corrected chi connectivity index (χ4v) is 0.478. The van der Waals surface area contributed by atoms with E-state index in [1.54, 1.807) is 6.92 Å². The smallest absolute Gasteiger partial charge is 0.316 e. The monoisotopic (exact) mass is 140 g/mol. The van der Waals surface area contributed by atoms with Crippen LogP contribution in [0.1, 0.15) is 17.6 Å². The molecule has 1 amide bonds. The molecule has 1 heterocycles. The topological polar surface area (TPSA) is 68.0 Å². The summed E-state index contributed by atoms with van der Waals surface area (Å²) in [6, 6.07) is 0. The van der Waals surface area contributed by atoms with Crippen molar-refractivity contribution < 1.29 is 9.32 Å². The number of aromatic nitrogens is 2. The summed E-state index contributed by atoms with van der Waals surface area (Å²) in [6.45, 7) is 2.35. The van der Waals surface area contributed by atoms with E-state index < -0.39 is 0 Å². The van der Waals surface area contributed by atoms with E-state index in [1.807, 2.05) is 0 Å². The predicted octanol–water partition coefficient (Wildman–Crippen LogP) is -0.381. The first-order valence-electron chi connectivity index (χ1n) is 2.82. The molecule has 1 N–H and O–H groups in total. The average Bonchev–Trinajstić information content (AvgIpc) is 2.38. The second-order valence-electron chi connectivity index (χ2n) is 1.56. The Bertz CT molecular complexity index is 207. The molecule has 1 radical (unpaired) electrons. The molecule has 0 aliphatic carbocycles. The third kappa shape index (κ3) is 1.31. The Labute approximate surface area is 57.4 Å². The number of amides is 1. The second kappa shape index (κ2) is 2.95. The molecule has 0 fully saturated rings. The summed E-state index contributed by atoms with van der Waals surface area (Å²) < 4.78 is 4.42. The van der Waals surface area contributed by atoms with Gasteiger partial charge in [-0.25, -0.2) is 0 Å². The van der Waals surface area contributed by atoms with Crippen LogP contribution < -0.4 is 5.32 Å². The minimum atomic E-state index is -0.365. The number of nitrogens with zero attached hydrogens (tertiary/aromatic N) is 2. The molecular formula is C5H6N3O2. The zero-order chi connectivity index (χ0) is 7.40. The van der Waals surface area contributed by atoms with Crippen molar-refractivity contribution in [1.82, 2.24) is 15.5 Å². The number of hydrogen-bond acceptors (Lipinski definition) is 4. The van der Waals surface area contributed by atoms with Gasteiger partial charge in [0.2, 0.25) is 6.33 Å². The summed E-state index contributed by atoms with van der Waals surface area (Å²) in [4.78, 5) is 14.2. The van der Waals surface area contributed by atoms with Gasteiger partial charge < -0.3 is 9.84 Å². The Hall–Kier alpha value is -1.39. The van der Waals surface area contributed by atoms with Crippen molar-refractivity contribution in [2.45, 2.75) is 6.92 Å². The fraction of sp³-hybridized carbons (Fsp3) is 0.400. The van der Waals surface area contributed by atoms with E-state index in [0.717, 1.165) is 0 Å². The van der Waals surface area contributed by atoms with E-state index >= 15 is 0 Å². The van der Waals surface area contributed by atoms with Crippen molar-refractivity contribution in [2.24, 2.45) is 0 Å². The van der Waals surface area contributed by atoms with Gasteiger partial charge in [-0.05, 0) is 6.92 Å². The van der Waals surface area contributed by atoms with Gasteiger partial charge >= 0.3 is 11.8 Å². The lowest BCUT2D eigenvalue weighted by Crippen LogP contribution is -2.22. The number of hydrogen-bond donors (Lipinski definition) is 1. The minimum Gasteiger partial charge on any atom is -0.348 e. The largest absolute Gasteiger partial charge is 0.348 e. The van der Waals surface area contributed by atoms with Crippen LogP contribution in [-0.4, -0.2) is 22.6 Å². The summed E-state index contributed by atoms with van der Waals surface area (Å²) >= 11 is 0. The second-order valence-corrected chi connectivity index (χ2v) is 1.56. The van der Waals surface area contributed by atoms with Crippen molar-refractivity contribution in [3.63, 3.8) is 0 Å². The molecular weight excluding hydrogens is 134 g/mol. The maximum Gasteiger partial charge on any atom is 0.316 e. The molecule has 53 valence electrons. The Morgan fingerprint density at radius 3 is 3.20 bits per heavy atom. The van der Waals surface area contributed by atoms with Crippen LogP contribution in [0.4, 0.5) is 0 Å². The first-order chi connectivity index (χ1) is 4.84. The predicted molar refractivity (Wildman–Crippen MR) is 31.1 cm³/mol. The van der Waals surface area contributed by atoms with E-state index in [0.29, 0.717) is 6.54 Å². The van der Waals surface area contributed by atoms with Gasteiger partial charge in [0.1, 0.15) is 0 Å². The number of nitrogens with one attached hydrogen (secondary N) is 1. The summed E-state index contributed by atoms with van der Waals surface area (Å²) in [7, 11) is 0. The van der Waals surface area contributed by atoms with Crippen molar-refractivity contribution in [2.75, 3.05) is 6.54 Å². The zero-order valence-corrected chi connectivity index (χ0v) is 5.42. The maximum absolute atomic E-state index is 10.8. The highest BCUT2D eigenvalue weighted by atomic mass is 16.5. The highest BCUT2D eigenvalue weighted by molar-refractivity contribution is 5.89. The van der Waals surface area contributed by atoms with Crippen LogP contribution in [-0.2, 0) is 0 Å². The Balaban J connectivity index is 2.59. The molecule has 0 aliphatic heterocycles. The van der Waals surface area contributed by atoms with Gasteiger partial charge in [0, 0.05) is 6.54 Å². The third-order valence-electron chi connectivity index (χ3n) is 0.856. The van der Waals surface area contributed by atoms with Gasteiger partial charge in [-0.1, -0.05) is 5.16 Å². The standard InChI is InChI=1S/C5H6N3O2/c1-2-6-4(9)5-7-3-8-10-5/h2H2,1H3,(H,6,9). The van der Waals surface area contributed by atoms with Crippen LogP contribution >= 0.6 is 0 Å². The highest BCUT2D eigenvalue weighted by Gasteiger charge is 2.08. The lowest BCUT2D eigenvalue weighted by atomic mass is 10.6. The van der Waals surface area contributed by atoms with Crippen LogP contribution in [0.2, 0.25) is 0 Å². The van der Waals surface area contributed by atoms with Gasteiger partial charge in [-0.3, -0.25) is 4.79 Å². The Morgan fingerprint density at radius 2 is 2.70 bits per heavy atom. The number of carbonyl (C=O) groups is 1. The van der Waals surface area contributed by atoms with Crippen LogP contribution in [0, 0.1) is 6.33 Å². The van der Waals surface area contributed by atoms with Gasteiger partial charge in [-0.2, -0.15) is 4.98 Å². The fourth-order valence-electron chi connectivity index (χ4n) is 0.478. The number of rotatable bonds is 2. The van der Waals surface area contributed by atoms with E-state index in [4.69, 9.17) is 0 Å². The maximum atomic E-state index is 10.8. The van der Waals surface area contributed by atoms with E-state index in [-0.39, 0.29) is 11.8 Å². The van der Waals surface area contributed by atoms with Gasteiger partial charge in [0.15, 0.2) is 0 Å². The van der Waals surface area contributed by atoms with Gasteiger partial charge in [0.05, 0.1) is 0 Å². The molecule has 0 spiro atoms. The molecule has 0 unspecified atom stereocenters. The Kier molecular flexibility index (Phi) is 1.99. The molecule has 0 saturated heterocycles. The highest BCUT2D eigenvalue weighted by Crippen LogP contribution is 1.87. The quantitative estimate of drug-likeness (QED) is 0.608. The van der Waals surface area contributed by atoms with Crippen molar-refractivity contribution in [3.05, 3.63) is 12.2 Å². The molecule has 10 heavy (non-hydrogen) atoms. The lowest BCUT2D eigenvalue weighted by molar-refractivity contribution is 0.0912. The summed E-state index contributed by atoms with van der Waals surface area (Å²) in [5, 5.41) is 5.65. The first-order valence-corrected chi connectivity index (χ1v) is 2.82. The molecule has 0 atom stereocenters. The van der Waals surface area contributed by atoms with Crippen LogP contribution in [0.15, 0.2) is 4.52 Å². The molecule has 0 aliphatic rings. The molecule has 1 aromatic heterocycles. The van der Waals surface area contributed by atoms with E-state index in [2.05, 4.69) is 26.3 Å². The van der Waals surface area contributed by atoms with E-state index in [9.17, 15) is 4.79 Å². The zero-order valence-electron chi connectivity index (χ0n) is 5.42. The first kappa shape index (κ1) is 6.73. The summed E-state index contributed by atoms with van der Waals surface area (Å²) in [5.41, 5.74) is 0. The Morgan fingerprint density at radius 1 is 1.90 bits per heavy atom. The lowest BCUT2D eigenvalue weighted by Gasteiger charge is -1.92. The SMILES string of the molecule is CCNC(=O)c1n[c]no1. The molecule has 0 bridgehead atoms. The molecule has 1 aromatic rings. The van der Waals surface area contributed by atoms with Crippen LogP contribution in [0.5, 0.6) is 0 Å². The molecule has 5 heteroatoms. The minimum absolute atomic E-state index is 0.0538. The van der Waals surface area contributed by atoms with Crippen LogP contribution in [0.3, 0.4) is 0 Å². The number of carbonyl (C=O) groups excluding carboxylic acids is 1. The third-order valence-corrected chi connectivity index (χ3v) is 0.856. The van der Waals surface area contributed by atoms with Gasteiger partial charge in [-0.15, -0.1) is 0 Å². The molecule has 5 nitrogen and oxygen atoms in total.